The molecule has 0 amide bonds. The zero-order chi connectivity index (χ0) is 7.56. The van der Waals surface area contributed by atoms with Crippen LogP contribution in [0.5, 0.6) is 0 Å². The minimum Gasteiger partial charge on any atom is -0.328 e. The maximum Gasteiger partial charge on any atom is 0.0519 e. The lowest BCUT2D eigenvalue weighted by atomic mass is 10.1. The molecule has 1 unspecified atom stereocenters. The lowest BCUT2D eigenvalue weighted by Crippen LogP contribution is -2.18. The zero-order valence-electron chi connectivity index (χ0n) is 6.39. The Balaban J connectivity index is 2.65. The van der Waals surface area contributed by atoms with Crippen LogP contribution in [0.4, 0.5) is 0 Å². The molecule has 0 bridgehead atoms. The SMILES string of the molecule is Cc1cn[nH]c1CC(C)N. The van der Waals surface area contributed by atoms with Crippen LogP contribution in [0.3, 0.4) is 0 Å². The van der Waals surface area contributed by atoms with Gasteiger partial charge in [0.1, 0.15) is 0 Å². The van der Waals surface area contributed by atoms with E-state index in [4.69, 9.17) is 5.73 Å². The second kappa shape index (κ2) is 2.84. The van der Waals surface area contributed by atoms with Crippen molar-refractivity contribution in [2.24, 2.45) is 5.73 Å². The Bertz CT molecular complexity index is 202. The molecule has 0 aliphatic carbocycles. The molecule has 1 aromatic heterocycles. The van der Waals surface area contributed by atoms with E-state index in [0.717, 1.165) is 12.1 Å². The predicted molar refractivity (Wildman–Crippen MR) is 40.7 cm³/mol. The Hall–Kier alpha value is -0.830. The van der Waals surface area contributed by atoms with Gasteiger partial charge in [0, 0.05) is 18.2 Å². The first-order valence-corrected chi connectivity index (χ1v) is 3.44. The third-order valence-corrected chi connectivity index (χ3v) is 1.46. The summed E-state index contributed by atoms with van der Waals surface area (Å²) >= 11 is 0. The van der Waals surface area contributed by atoms with E-state index in [-0.39, 0.29) is 6.04 Å². The number of rotatable bonds is 2. The number of aromatic amines is 1. The summed E-state index contributed by atoms with van der Waals surface area (Å²) in [5, 5.41) is 6.80. The first-order chi connectivity index (χ1) is 4.70. The van der Waals surface area contributed by atoms with Crippen molar-refractivity contribution in [3.63, 3.8) is 0 Å². The van der Waals surface area contributed by atoms with E-state index in [2.05, 4.69) is 10.2 Å². The van der Waals surface area contributed by atoms with Crippen molar-refractivity contribution in [3.8, 4) is 0 Å². The molecule has 10 heavy (non-hydrogen) atoms. The van der Waals surface area contributed by atoms with E-state index in [0.29, 0.717) is 0 Å². The van der Waals surface area contributed by atoms with Gasteiger partial charge in [-0.2, -0.15) is 5.10 Å². The molecule has 56 valence electrons. The van der Waals surface area contributed by atoms with Crippen molar-refractivity contribution < 1.29 is 0 Å². The second-order valence-electron chi connectivity index (χ2n) is 2.71. The highest BCUT2D eigenvalue weighted by Gasteiger charge is 2.01. The van der Waals surface area contributed by atoms with Crippen LogP contribution in [0.15, 0.2) is 6.20 Å². The van der Waals surface area contributed by atoms with E-state index in [1.165, 1.54) is 5.56 Å². The quantitative estimate of drug-likeness (QED) is 0.630. The average Bonchev–Trinajstić information content (AvgIpc) is 2.15. The highest BCUT2D eigenvalue weighted by atomic mass is 15.1. The fourth-order valence-electron chi connectivity index (χ4n) is 0.902. The summed E-state index contributed by atoms with van der Waals surface area (Å²) in [5.74, 6) is 0. The smallest absolute Gasteiger partial charge is 0.0519 e. The molecule has 0 saturated carbocycles. The Morgan fingerprint density at radius 1 is 1.80 bits per heavy atom. The van der Waals surface area contributed by atoms with Crippen molar-refractivity contribution in [2.75, 3.05) is 0 Å². The molecule has 0 radical (unpaired) electrons. The minimum absolute atomic E-state index is 0.208. The molecular weight excluding hydrogens is 126 g/mol. The predicted octanol–water partition coefficient (Wildman–Crippen LogP) is 0.608. The van der Waals surface area contributed by atoms with Crippen molar-refractivity contribution >= 4 is 0 Å². The Morgan fingerprint density at radius 2 is 2.50 bits per heavy atom. The lowest BCUT2D eigenvalue weighted by molar-refractivity contribution is 0.716. The standard InChI is InChI=1S/C7H13N3/c1-5-4-9-10-7(5)3-6(2)8/h4,6H,3,8H2,1-2H3,(H,9,10). The van der Waals surface area contributed by atoms with Gasteiger partial charge in [-0.3, -0.25) is 5.10 Å². The first kappa shape index (κ1) is 7.28. The average molecular weight is 139 g/mol. The molecule has 0 aliphatic heterocycles. The maximum absolute atomic E-state index is 5.60. The van der Waals surface area contributed by atoms with E-state index in [1.807, 2.05) is 20.0 Å². The van der Waals surface area contributed by atoms with Gasteiger partial charge in [0.2, 0.25) is 0 Å². The van der Waals surface area contributed by atoms with Crippen molar-refractivity contribution in [2.45, 2.75) is 26.3 Å². The summed E-state index contributed by atoms with van der Waals surface area (Å²) in [6.07, 6.45) is 2.70. The van der Waals surface area contributed by atoms with Crippen LogP contribution in [0.25, 0.3) is 0 Å². The molecule has 0 aliphatic rings. The Labute approximate surface area is 60.6 Å². The van der Waals surface area contributed by atoms with Gasteiger partial charge in [-0.25, -0.2) is 0 Å². The van der Waals surface area contributed by atoms with Gasteiger partial charge in [-0.05, 0) is 19.4 Å². The largest absolute Gasteiger partial charge is 0.328 e. The number of nitrogens with one attached hydrogen (secondary N) is 1. The number of hydrogen-bond acceptors (Lipinski definition) is 2. The fraction of sp³-hybridized carbons (Fsp3) is 0.571. The number of nitrogens with zero attached hydrogens (tertiary/aromatic N) is 1. The first-order valence-electron chi connectivity index (χ1n) is 3.44. The van der Waals surface area contributed by atoms with Gasteiger partial charge in [0.25, 0.3) is 0 Å². The summed E-state index contributed by atoms with van der Waals surface area (Å²) in [7, 11) is 0. The van der Waals surface area contributed by atoms with Crippen molar-refractivity contribution in [3.05, 3.63) is 17.5 Å². The van der Waals surface area contributed by atoms with Gasteiger partial charge in [-0.1, -0.05) is 0 Å². The molecule has 0 aromatic carbocycles. The third-order valence-electron chi connectivity index (χ3n) is 1.46. The van der Waals surface area contributed by atoms with Crippen LogP contribution >= 0.6 is 0 Å². The fourth-order valence-corrected chi connectivity index (χ4v) is 0.902. The topological polar surface area (TPSA) is 54.7 Å². The molecule has 1 heterocycles. The monoisotopic (exact) mass is 139 g/mol. The molecule has 3 N–H and O–H groups in total. The minimum atomic E-state index is 0.208. The van der Waals surface area contributed by atoms with Crippen LogP contribution in [-0.2, 0) is 6.42 Å². The van der Waals surface area contributed by atoms with Crippen LogP contribution in [0.1, 0.15) is 18.2 Å². The number of aryl methyl sites for hydroxylation is 1. The summed E-state index contributed by atoms with van der Waals surface area (Å²) in [6, 6.07) is 0.208. The zero-order valence-corrected chi connectivity index (χ0v) is 6.39. The van der Waals surface area contributed by atoms with Crippen LogP contribution < -0.4 is 5.73 Å². The molecule has 0 fully saturated rings. The molecule has 1 atom stereocenters. The van der Waals surface area contributed by atoms with Gasteiger partial charge >= 0.3 is 0 Å². The molecular formula is C7H13N3. The van der Waals surface area contributed by atoms with Gasteiger partial charge in [0.05, 0.1) is 6.20 Å². The number of aromatic nitrogens is 2. The molecule has 0 saturated heterocycles. The molecule has 3 nitrogen and oxygen atoms in total. The summed E-state index contributed by atoms with van der Waals surface area (Å²) < 4.78 is 0. The van der Waals surface area contributed by atoms with Crippen LogP contribution in [-0.4, -0.2) is 16.2 Å². The summed E-state index contributed by atoms with van der Waals surface area (Å²) in [6.45, 7) is 4.02. The second-order valence-corrected chi connectivity index (χ2v) is 2.71. The van der Waals surface area contributed by atoms with Crippen LogP contribution in [0.2, 0.25) is 0 Å². The van der Waals surface area contributed by atoms with Crippen molar-refractivity contribution in [1.29, 1.82) is 0 Å². The Morgan fingerprint density at radius 3 is 2.90 bits per heavy atom. The van der Waals surface area contributed by atoms with Gasteiger partial charge in [-0.15, -0.1) is 0 Å². The third kappa shape index (κ3) is 1.57. The maximum atomic E-state index is 5.60. The normalized spacial score (nSPS) is 13.5. The van der Waals surface area contributed by atoms with Crippen LogP contribution in [0, 0.1) is 6.92 Å². The molecule has 1 rings (SSSR count). The van der Waals surface area contributed by atoms with E-state index >= 15 is 0 Å². The van der Waals surface area contributed by atoms with E-state index in [9.17, 15) is 0 Å². The number of hydrogen-bond donors (Lipinski definition) is 2. The number of nitrogens with two attached hydrogens (primary N) is 1. The molecule has 1 aromatic rings. The molecule has 0 spiro atoms. The van der Waals surface area contributed by atoms with E-state index in [1.54, 1.807) is 0 Å². The molecule has 3 heteroatoms. The van der Waals surface area contributed by atoms with Gasteiger partial charge in [0.15, 0.2) is 0 Å². The highest BCUT2D eigenvalue weighted by Crippen LogP contribution is 2.03. The van der Waals surface area contributed by atoms with Crippen molar-refractivity contribution in [1.82, 2.24) is 10.2 Å². The lowest BCUT2D eigenvalue weighted by Gasteiger charge is -2.01. The summed E-state index contributed by atoms with van der Waals surface area (Å²) in [5.41, 5.74) is 7.94. The number of H-pyrrole nitrogens is 1. The summed E-state index contributed by atoms with van der Waals surface area (Å²) in [4.78, 5) is 0. The highest BCUT2D eigenvalue weighted by molar-refractivity contribution is 5.14. The van der Waals surface area contributed by atoms with E-state index < -0.39 is 0 Å². The Kier molecular flexibility index (Phi) is 2.06. The van der Waals surface area contributed by atoms with Gasteiger partial charge < -0.3 is 5.73 Å².